The van der Waals surface area contributed by atoms with Crippen molar-refractivity contribution >= 4 is 0 Å². The van der Waals surface area contributed by atoms with Crippen LogP contribution in [0.2, 0.25) is 0 Å². The average molecular weight is 392 g/mol. The molecule has 0 aromatic heterocycles. The van der Waals surface area contributed by atoms with Crippen molar-refractivity contribution < 1.29 is 4.74 Å². The van der Waals surface area contributed by atoms with Crippen LogP contribution in [0.25, 0.3) is 0 Å². The Balaban J connectivity index is 1.42. The van der Waals surface area contributed by atoms with Crippen LogP contribution in [-0.2, 0) is 4.74 Å². The molecule has 3 fully saturated rings. The summed E-state index contributed by atoms with van der Waals surface area (Å²) in [4.78, 5) is 2.44. The smallest absolute Gasteiger partial charge is 0.113 e. The van der Waals surface area contributed by atoms with Gasteiger partial charge in [0.05, 0.1) is 12.3 Å². The molecule has 0 amide bonds. The van der Waals surface area contributed by atoms with Crippen molar-refractivity contribution in [1.29, 1.82) is 0 Å². The zero-order valence-corrected chi connectivity index (χ0v) is 18.0. The number of nitrogens with zero attached hydrogens (tertiary/aromatic N) is 1. The van der Waals surface area contributed by atoms with Crippen LogP contribution in [-0.4, -0.2) is 68.8 Å². The average Bonchev–Trinajstić information content (AvgIpc) is 3.02. The molecule has 4 aliphatic rings. The molecule has 6 nitrogen and oxygen atoms in total. The lowest BCUT2D eigenvalue weighted by Gasteiger charge is -2.43. The van der Waals surface area contributed by atoms with Gasteiger partial charge in [-0.1, -0.05) is 18.6 Å². The second kappa shape index (κ2) is 9.54. The molecule has 7 unspecified atom stereocenters. The van der Waals surface area contributed by atoms with Gasteiger partial charge in [-0.15, -0.1) is 0 Å². The molecule has 0 radical (unpaired) electrons. The fraction of sp³-hybridized carbons (Fsp3) is 0.909. The first-order valence-corrected chi connectivity index (χ1v) is 11.6. The van der Waals surface area contributed by atoms with Crippen molar-refractivity contribution in [1.82, 2.24) is 26.2 Å². The van der Waals surface area contributed by atoms with Gasteiger partial charge >= 0.3 is 0 Å². The third-order valence-electron chi connectivity index (χ3n) is 7.19. The minimum absolute atomic E-state index is 0.187. The summed E-state index contributed by atoms with van der Waals surface area (Å²) < 4.78 is 6.27. The summed E-state index contributed by atoms with van der Waals surface area (Å²) in [6.07, 6.45) is 10.9. The van der Waals surface area contributed by atoms with Crippen LogP contribution in [0.1, 0.15) is 52.4 Å². The van der Waals surface area contributed by atoms with Crippen LogP contribution in [0.4, 0.5) is 0 Å². The summed E-state index contributed by atoms with van der Waals surface area (Å²) in [6.45, 7) is 8.73. The van der Waals surface area contributed by atoms with Crippen LogP contribution in [0.3, 0.4) is 0 Å². The van der Waals surface area contributed by atoms with Crippen molar-refractivity contribution in [2.45, 2.75) is 83.0 Å². The first-order chi connectivity index (χ1) is 13.6. The van der Waals surface area contributed by atoms with Crippen LogP contribution in [0, 0.1) is 11.8 Å². The fourth-order valence-electron chi connectivity index (χ4n) is 5.85. The second-order valence-corrected chi connectivity index (χ2v) is 9.48. The third-order valence-corrected chi connectivity index (χ3v) is 7.19. The molecule has 3 aliphatic heterocycles. The zero-order valence-electron chi connectivity index (χ0n) is 18.0. The lowest BCUT2D eigenvalue weighted by molar-refractivity contribution is 0.0176. The molecular formula is C22H41N5O. The Morgan fingerprint density at radius 3 is 3.00 bits per heavy atom. The van der Waals surface area contributed by atoms with Crippen LogP contribution in [0.5, 0.6) is 0 Å². The first kappa shape index (κ1) is 20.8. The van der Waals surface area contributed by atoms with Crippen LogP contribution >= 0.6 is 0 Å². The predicted octanol–water partition coefficient (Wildman–Crippen LogP) is 1.60. The highest BCUT2D eigenvalue weighted by Crippen LogP contribution is 2.42. The summed E-state index contributed by atoms with van der Waals surface area (Å²) >= 11 is 0. The molecule has 0 aromatic carbocycles. The van der Waals surface area contributed by atoms with E-state index >= 15 is 0 Å². The maximum atomic E-state index is 6.27. The molecule has 4 rings (SSSR count). The fourth-order valence-corrected chi connectivity index (χ4v) is 5.85. The van der Waals surface area contributed by atoms with Gasteiger partial charge in [0.25, 0.3) is 0 Å². The number of fused-ring (bicyclic) bond motifs is 1. The lowest BCUT2D eigenvalue weighted by Crippen LogP contribution is -2.68. The Morgan fingerprint density at radius 2 is 2.14 bits per heavy atom. The monoisotopic (exact) mass is 391 g/mol. The summed E-state index contributed by atoms with van der Waals surface area (Å²) in [7, 11) is 2.24. The van der Waals surface area contributed by atoms with Crippen molar-refractivity contribution in [3.63, 3.8) is 0 Å². The van der Waals surface area contributed by atoms with E-state index in [1.54, 1.807) is 5.57 Å². The molecule has 28 heavy (non-hydrogen) atoms. The second-order valence-electron chi connectivity index (χ2n) is 9.48. The quantitative estimate of drug-likeness (QED) is 0.534. The maximum absolute atomic E-state index is 6.27. The normalized spacial score (nSPS) is 42.7. The number of ether oxygens (including phenoxy) is 1. The van der Waals surface area contributed by atoms with Crippen LogP contribution in [0.15, 0.2) is 11.6 Å². The number of hydrogen-bond acceptors (Lipinski definition) is 6. The summed E-state index contributed by atoms with van der Waals surface area (Å²) in [5.74, 6) is 1.31. The first-order valence-electron chi connectivity index (χ1n) is 11.6. The van der Waals surface area contributed by atoms with Gasteiger partial charge in [-0.25, -0.2) is 0 Å². The molecule has 160 valence electrons. The molecule has 7 atom stereocenters. The Kier molecular flexibility index (Phi) is 7.07. The maximum Gasteiger partial charge on any atom is 0.113 e. The van der Waals surface area contributed by atoms with E-state index < -0.39 is 0 Å². The van der Waals surface area contributed by atoms with E-state index in [0.717, 1.165) is 26.1 Å². The van der Waals surface area contributed by atoms with Gasteiger partial charge in [0, 0.05) is 31.2 Å². The minimum Gasteiger partial charge on any atom is -0.377 e. The molecule has 0 spiro atoms. The van der Waals surface area contributed by atoms with E-state index in [-0.39, 0.29) is 6.29 Å². The van der Waals surface area contributed by atoms with Gasteiger partial charge in [0.15, 0.2) is 0 Å². The lowest BCUT2D eigenvalue weighted by atomic mass is 9.72. The summed E-state index contributed by atoms with van der Waals surface area (Å²) in [6, 6.07) is 1.07. The van der Waals surface area contributed by atoms with E-state index in [0.29, 0.717) is 36.2 Å². The van der Waals surface area contributed by atoms with Crippen molar-refractivity contribution in [3.8, 4) is 0 Å². The minimum atomic E-state index is 0.187. The largest absolute Gasteiger partial charge is 0.377 e. The van der Waals surface area contributed by atoms with Gasteiger partial charge in [-0.05, 0) is 71.5 Å². The molecule has 1 aliphatic carbocycles. The Labute approximate surface area is 171 Å². The van der Waals surface area contributed by atoms with E-state index in [1.165, 1.54) is 38.6 Å². The van der Waals surface area contributed by atoms with Gasteiger partial charge < -0.3 is 15.0 Å². The van der Waals surface area contributed by atoms with E-state index in [4.69, 9.17) is 4.74 Å². The molecule has 2 saturated heterocycles. The van der Waals surface area contributed by atoms with Gasteiger partial charge in [-0.2, -0.15) is 0 Å². The number of hydrogen-bond donors (Lipinski definition) is 4. The highest BCUT2D eigenvalue weighted by Gasteiger charge is 2.43. The summed E-state index contributed by atoms with van der Waals surface area (Å²) in [5, 5.41) is 14.9. The topological polar surface area (TPSA) is 60.6 Å². The Bertz CT molecular complexity index is 541. The van der Waals surface area contributed by atoms with Crippen molar-refractivity contribution in [2.75, 3.05) is 33.3 Å². The number of nitrogens with one attached hydrogen (secondary N) is 4. The molecule has 1 saturated carbocycles. The van der Waals surface area contributed by atoms with Gasteiger partial charge in [0.1, 0.15) is 6.29 Å². The molecule has 3 heterocycles. The highest BCUT2D eigenvalue weighted by molar-refractivity contribution is 5.15. The third kappa shape index (κ3) is 4.97. The van der Waals surface area contributed by atoms with Gasteiger partial charge in [0.2, 0.25) is 0 Å². The van der Waals surface area contributed by atoms with Crippen molar-refractivity contribution in [2.24, 2.45) is 11.8 Å². The molecule has 6 heteroatoms. The molecular weight excluding hydrogens is 350 g/mol. The zero-order chi connectivity index (χ0) is 19.5. The Morgan fingerprint density at radius 1 is 1.25 bits per heavy atom. The molecule has 0 bridgehead atoms. The number of likely N-dealkylation sites (N-methyl/N-ethyl adjacent to an activating group) is 1. The Hall–Kier alpha value is -0.500. The highest BCUT2D eigenvalue weighted by atomic mass is 16.5. The molecule has 0 aromatic rings. The standard InChI is InChI=1S/C22H41N5O/c1-4-23-20-12-15(2)24-22(26-20)25-18-13-17-8-11-28-21(17)19(14-18)16-6-5-9-27(3)10-7-16/h7,15,17-26H,4-6,8-14H2,1-3H3. The predicted molar refractivity (Wildman–Crippen MR) is 114 cm³/mol. The van der Waals surface area contributed by atoms with Gasteiger partial charge in [-0.3, -0.25) is 16.0 Å². The van der Waals surface area contributed by atoms with E-state index in [1.807, 2.05) is 0 Å². The number of rotatable bonds is 5. The SMILES string of the molecule is CCNC1CC(C)NC(NC2CC3CCOC3C(C3=CCN(C)CCC3)C2)N1. The van der Waals surface area contributed by atoms with E-state index in [2.05, 4.69) is 53.1 Å². The van der Waals surface area contributed by atoms with E-state index in [9.17, 15) is 0 Å². The van der Waals surface area contributed by atoms with Crippen molar-refractivity contribution in [3.05, 3.63) is 11.6 Å². The summed E-state index contributed by atoms with van der Waals surface area (Å²) in [5.41, 5.74) is 1.66. The molecule has 4 N–H and O–H groups in total. The van der Waals surface area contributed by atoms with Crippen LogP contribution < -0.4 is 21.3 Å².